The first-order valence-corrected chi connectivity index (χ1v) is 11.7. The van der Waals surface area contributed by atoms with Crippen LogP contribution < -0.4 is 10.2 Å². The van der Waals surface area contributed by atoms with Crippen molar-refractivity contribution in [3.8, 4) is 5.75 Å². The van der Waals surface area contributed by atoms with Crippen molar-refractivity contribution < 1.29 is 18.7 Å². The molecule has 4 rings (SSSR count). The number of rotatable bonds is 9. The molecule has 0 aliphatic carbocycles. The van der Waals surface area contributed by atoms with Crippen LogP contribution in [0, 0.1) is 13.8 Å². The van der Waals surface area contributed by atoms with Crippen LogP contribution in [0.5, 0.6) is 5.75 Å². The predicted octanol–water partition coefficient (Wildman–Crippen LogP) is 5.33. The number of carbonyl (C=O) groups excluding carboxylic acids is 1. The zero-order valence-electron chi connectivity index (χ0n) is 20.2. The molecule has 6 nitrogen and oxygen atoms in total. The van der Waals surface area contributed by atoms with Crippen LogP contribution in [0.1, 0.15) is 59.1 Å². The van der Waals surface area contributed by atoms with Gasteiger partial charge >= 0.3 is 0 Å². The fourth-order valence-electron chi connectivity index (χ4n) is 4.31. The number of aryl methyl sites for hydroxylation is 2. The van der Waals surface area contributed by atoms with E-state index in [9.17, 15) is 9.59 Å². The first-order valence-electron chi connectivity index (χ1n) is 11.7. The normalized spacial score (nSPS) is 15.3. The van der Waals surface area contributed by atoms with E-state index in [1.54, 1.807) is 11.0 Å². The van der Waals surface area contributed by atoms with Gasteiger partial charge in [0.05, 0.1) is 23.1 Å². The van der Waals surface area contributed by atoms with E-state index in [2.05, 4.69) is 6.58 Å². The van der Waals surface area contributed by atoms with E-state index in [0.717, 1.165) is 16.7 Å². The number of benzene rings is 2. The summed E-state index contributed by atoms with van der Waals surface area (Å²) < 4.78 is 17.4. The number of fused-ring (bicyclic) bond motifs is 2. The van der Waals surface area contributed by atoms with Gasteiger partial charge in [-0.1, -0.05) is 24.8 Å². The summed E-state index contributed by atoms with van der Waals surface area (Å²) in [5.41, 5.74) is 3.52. The summed E-state index contributed by atoms with van der Waals surface area (Å²) in [5.74, 6) is 0.554. The minimum absolute atomic E-state index is 0.116. The highest BCUT2D eigenvalue weighted by Crippen LogP contribution is 2.39. The summed E-state index contributed by atoms with van der Waals surface area (Å²) in [6.45, 7) is 12.9. The molecule has 1 aromatic heterocycles. The zero-order chi connectivity index (χ0) is 24.4. The van der Waals surface area contributed by atoms with Crippen LogP contribution in [-0.2, 0) is 4.74 Å². The highest BCUT2D eigenvalue weighted by molar-refractivity contribution is 5.99. The van der Waals surface area contributed by atoms with E-state index in [-0.39, 0.29) is 23.2 Å². The lowest BCUT2D eigenvalue weighted by Gasteiger charge is -2.25. The summed E-state index contributed by atoms with van der Waals surface area (Å²) >= 11 is 0. The molecule has 34 heavy (non-hydrogen) atoms. The highest BCUT2D eigenvalue weighted by atomic mass is 16.5. The van der Waals surface area contributed by atoms with E-state index in [4.69, 9.17) is 13.9 Å². The molecule has 0 fully saturated rings. The largest absolute Gasteiger partial charge is 0.490 e. The minimum atomic E-state index is -0.530. The highest BCUT2D eigenvalue weighted by Gasteiger charge is 2.42. The molecule has 0 spiro atoms. The third kappa shape index (κ3) is 4.50. The average Bonchev–Trinajstić information content (AvgIpc) is 3.09. The summed E-state index contributed by atoms with van der Waals surface area (Å²) in [5, 5.41) is 0.496. The Hall–Kier alpha value is -3.38. The third-order valence-corrected chi connectivity index (χ3v) is 6.14. The second-order valence-electron chi connectivity index (χ2n) is 8.95. The molecular formula is C28H31NO5. The molecule has 2 aromatic carbocycles. The Morgan fingerprint density at radius 3 is 2.50 bits per heavy atom. The van der Waals surface area contributed by atoms with E-state index in [0.29, 0.717) is 48.5 Å². The SMILES string of the molecule is C=CCOc1ccc(C2c3c(oc4cc(C)c(C)cc4c3=O)C(=O)N2CCCOC(C)C)cc1. The predicted molar refractivity (Wildman–Crippen MR) is 133 cm³/mol. The molecule has 0 bridgehead atoms. The minimum Gasteiger partial charge on any atom is -0.490 e. The van der Waals surface area contributed by atoms with Crippen LogP contribution in [0.4, 0.5) is 0 Å². The van der Waals surface area contributed by atoms with Crippen LogP contribution in [-0.4, -0.2) is 36.7 Å². The number of carbonyl (C=O) groups is 1. The number of amides is 1. The van der Waals surface area contributed by atoms with Crippen molar-refractivity contribution in [3.63, 3.8) is 0 Å². The van der Waals surface area contributed by atoms with Crippen molar-refractivity contribution in [2.45, 2.75) is 46.3 Å². The standard InChI is InChI=1S/C28H31NO5/c1-6-13-33-21-10-8-20(9-11-21)25-24-26(30)22-15-18(4)19(5)16-23(22)34-27(24)28(31)29(25)12-7-14-32-17(2)3/h6,8-11,15-17,25H,1,7,12-14H2,2-5H3. The maximum absolute atomic E-state index is 13.7. The fourth-order valence-corrected chi connectivity index (χ4v) is 4.31. The van der Waals surface area contributed by atoms with Gasteiger partial charge in [-0.15, -0.1) is 0 Å². The average molecular weight is 462 g/mol. The molecule has 0 saturated heterocycles. The Kier molecular flexibility index (Phi) is 6.89. The summed E-state index contributed by atoms with van der Waals surface area (Å²) in [6.07, 6.45) is 2.45. The van der Waals surface area contributed by atoms with Gasteiger partial charge < -0.3 is 18.8 Å². The van der Waals surface area contributed by atoms with Crippen molar-refractivity contribution in [3.05, 3.63) is 87.3 Å². The molecule has 3 aromatic rings. The molecule has 6 heteroatoms. The number of ether oxygens (including phenoxy) is 2. The molecule has 1 aliphatic heterocycles. The molecule has 0 N–H and O–H groups in total. The first-order chi connectivity index (χ1) is 16.3. The Morgan fingerprint density at radius 2 is 1.82 bits per heavy atom. The molecule has 178 valence electrons. The first kappa shape index (κ1) is 23.8. The maximum atomic E-state index is 13.7. The van der Waals surface area contributed by atoms with E-state index in [1.807, 2.05) is 64.1 Å². The van der Waals surface area contributed by atoms with Crippen molar-refractivity contribution in [2.24, 2.45) is 0 Å². The summed E-state index contributed by atoms with van der Waals surface area (Å²) in [4.78, 5) is 28.9. The molecule has 1 amide bonds. The van der Waals surface area contributed by atoms with Gasteiger partial charge in [0.25, 0.3) is 5.91 Å². The Balaban J connectivity index is 1.79. The fraction of sp³-hybridized carbons (Fsp3) is 0.357. The topological polar surface area (TPSA) is 69.0 Å². The molecule has 0 radical (unpaired) electrons. The Bertz CT molecular complexity index is 1270. The van der Waals surface area contributed by atoms with Crippen molar-refractivity contribution in [1.82, 2.24) is 4.90 Å². The maximum Gasteiger partial charge on any atom is 0.290 e. The Labute approximate surface area is 199 Å². The van der Waals surface area contributed by atoms with Crippen molar-refractivity contribution in [2.75, 3.05) is 19.8 Å². The van der Waals surface area contributed by atoms with Crippen molar-refractivity contribution in [1.29, 1.82) is 0 Å². The molecule has 2 heterocycles. The van der Waals surface area contributed by atoms with Crippen LogP contribution >= 0.6 is 0 Å². The van der Waals surface area contributed by atoms with Crippen LogP contribution in [0.3, 0.4) is 0 Å². The second-order valence-corrected chi connectivity index (χ2v) is 8.95. The van der Waals surface area contributed by atoms with E-state index in [1.165, 1.54) is 0 Å². The van der Waals surface area contributed by atoms with Gasteiger partial charge in [0, 0.05) is 13.2 Å². The van der Waals surface area contributed by atoms with Crippen molar-refractivity contribution >= 4 is 16.9 Å². The zero-order valence-corrected chi connectivity index (χ0v) is 20.2. The van der Waals surface area contributed by atoms with Gasteiger partial charge in [-0.25, -0.2) is 0 Å². The third-order valence-electron chi connectivity index (χ3n) is 6.14. The molecular weight excluding hydrogens is 430 g/mol. The van der Waals surface area contributed by atoms with E-state index < -0.39 is 6.04 Å². The van der Waals surface area contributed by atoms with Crippen LogP contribution in [0.15, 0.2) is 58.3 Å². The molecule has 1 atom stereocenters. The Morgan fingerprint density at radius 1 is 1.12 bits per heavy atom. The van der Waals surface area contributed by atoms with Gasteiger partial charge in [-0.05, 0) is 75.1 Å². The van der Waals surface area contributed by atoms with E-state index >= 15 is 0 Å². The second kappa shape index (κ2) is 9.85. The lowest BCUT2D eigenvalue weighted by atomic mass is 9.97. The monoisotopic (exact) mass is 461 g/mol. The lowest BCUT2D eigenvalue weighted by Crippen LogP contribution is -2.31. The number of nitrogens with zero attached hydrogens (tertiary/aromatic N) is 1. The molecule has 0 saturated carbocycles. The lowest BCUT2D eigenvalue weighted by molar-refractivity contribution is 0.0593. The summed E-state index contributed by atoms with van der Waals surface area (Å²) in [7, 11) is 0. The molecule has 1 aliphatic rings. The van der Waals surface area contributed by atoms with Gasteiger partial charge in [0.1, 0.15) is 17.9 Å². The van der Waals surface area contributed by atoms with Gasteiger partial charge in [0.2, 0.25) is 5.76 Å². The van der Waals surface area contributed by atoms with Gasteiger partial charge in [-0.2, -0.15) is 0 Å². The van der Waals surface area contributed by atoms with Crippen LogP contribution in [0.2, 0.25) is 0 Å². The van der Waals surface area contributed by atoms with Gasteiger partial charge in [-0.3, -0.25) is 9.59 Å². The van der Waals surface area contributed by atoms with Crippen LogP contribution in [0.25, 0.3) is 11.0 Å². The smallest absolute Gasteiger partial charge is 0.290 e. The van der Waals surface area contributed by atoms with Gasteiger partial charge in [0.15, 0.2) is 5.43 Å². The number of hydrogen-bond acceptors (Lipinski definition) is 5. The molecule has 1 unspecified atom stereocenters. The number of hydrogen-bond donors (Lipinski definition) is 0. The summed E-state index contributed by atoms with van der Waals surface area (Å²) in [6, 6.07) is 10.6. The quantitative estimate of drug-likeness (QED) is 0.318.